The molecule has 2 heterocycles. The van der Waals surface area contributed by atoms with E-state index in [2.05, 4.69) is 9.97 Å². The van der Waals surface area contributed by atoms with Crippen LogP contribution in [0.1, 0.15) is 30.1 Å². The van der Waals surface area contributed by atoms with Gasteiger partial charge in [-0.3, -0.25) is 0 Å². The van der Waals surface area contributed by atoms with Gasteiger partial charge in [-0.2, -0.15) is 0 Å². The molecule has 0 saturated heterocycles. The molecule has 0 fully saturated rings. The molecule has 0 aromatic carbocycles. The average molecular weight is 260 g/mol. The van der Waals surface area contributed by atoms with Gasteiger partial charge in [-0.25, -0.2) is 15.0 Å². The summed E-state index contributed by atoms with van der Waals surface area (Å²) in [5.74, 6) is 0. The van der Waals surface area contributed by atoms with Crippen molar-refractivity contribution >= 4 is 11.3 Å². The first-order valence-corrected chi connectivity index (χ1v) is 6.91. The lowest BCUT2D eigenvalue weighted by Gasteiger charge is -2.15. The minimum Gasteiger partial charge on any atom is -0.325 e. The van der Waals surface area contributed by atoms with Crippen molar-refractivity contribution in [3.05, 3.63) is 28.8 Å². The Morgan fingerprint density at radius 3 is 3.00 bits per heavy atom. The van der Waals surface area contributed by atoms with Crippen LogP contribution in [0.3, 0.4) is 0 Å². The standard InChI is InChI=1S/C13H16N4S/c1-13(2,14)5-10-17-9-4-3-8-6-15-7-16-11(8)12(9)18-10/h6-7H,3-5,14H2,1-2H3. The number of rotatable bonds is 2. The summed E-state index contributed by atoms with van der Waals surface area (Å²) >= 11 is 1.72. The fraction of sp³-hybridized carbons (Fsp3) is 0.462. The largest absolute Gasteiger partial charge is 0.325 e. The molecule has 0 saturated carbocycles. The third kappa shape index (κ3) is 2.15. The van der Waals surface area contributed by atoms with Crippen LogP contribution in [0, 0.1) is 0 Å². The molecule has 3 rings (SSSR count). The Bertz CT molecular complexity index is 583. The highest BCUT2D eigenvalue weighted by Crippen LogP contribution is 2.36. The minimum atomic E-state index is -0.213. The van der Waals surface area contributed by atoms with E-state index in [-0.39, 0.29) is 5.54 Å². The lowest BCUT2D eigenvalue weighted by molar-refractivity contribution is 0.515. The number of nitrogens with two attached hydrogens (primary N) is 1. The maximum atomic E-state index is 6.06. The second kappa shape index (κ2) is 4.10. The molecular weight excluding hydrogens is 244 g/mol. The SMILES string of the molecule is CC(C)(N)Cc1nc2c(s1)-c1ncncc1CC2. The molecule has 0 bridgehead atoms. The molecule has 2 aromatic rings. The molecule has 5 heteroatoms. The van der Waals surface area contributed by atoms with E-state index >= 15 is 0 Å². The molecule has 18 heavy (non-hydrogen) atoms. The van der Waals surface area contributed by atoms with Crippen LogP contribution in [0.15, 0.2) is 12.5 Å². The number of nitrogens with zero attached hydrogens (tertiary/aromatic N) is 3. The maximum absolute atomic E-state index is 6.06. The molecule has 1 aliphatic rings. The Morgan fingerprint density at radius 2 is 2.22 bits per heavy atom. The summed E-state index contributed by atoms with van der Waals surface area (Å²) in [7, 11) is 0. The van der Waals surface area contributed by atoms with Crippen LogP contribution in [-0.2, 0) is 19.3 Å². The van der Waals surface area contributed by atoms with Crippen LogP contribution in [0.25, 0.3) is 10.6 Å². The summed E-state index contributed by atoms with van der Waals surface area (Å²) < 4.78 is 0. The summed E-state index contributed by atoms with van der Waals surface area (Å²) in [6.45, 7) is 4.06. The third-order valence-corrected chi connectivity index (χ3v) is 4.09. The van der Waals surface area contributed by atoms with E-state index < -0.39 is 0 Å². The fourth-order valence-corrected chi connectivity index (χ4v) is 3.60. The van der Waals surface area contributed by atoms with Crippen LogP contribution >= 0.6 is 11.3 Å². The van der Waals surface area contributed by atoms with Gasteiger partial charge in [0.05, 0.1) is 21.3 Å². The molecule has 0 amide bonds. The van der Waals surface area contributed by atoms with Gasteiger partial charge in [-0.1, -0.05) is 0 Å². The van der Waals surface area contributed by atoms with Crippen LogP contribution < -0.4 is 5.73 Å². The number of hydrogen-bond acceptors (Lipinski definition) is 5. The van der Waals surface area contributed by atoms with Crippen molar-refractivity contribution in [1.29, 1.82) is 0 Å². The van der Waals surface area contributed by atoms with E-state index in [0.29, 0.717) is 0 Å². The molecule has 0 aliphatic heterocycles. The summed E-state index contributed by atoms with van der Waals surface area (Å²) in [6, 6.07) is 0. The molecule has 2 N–H and O–H groups in total. The Morgan fingerprint density at radius 1 is 1.39 bits per heavy atom. The van der Waals surface area contributed by atoms with Crippen molar-refractivity contribution in [2.24, 2.45) is 5.73 Å². The molecule has 0 radical (unpaired) electrons. The quantitative estimate of drug-likeness (QED) is 0.896. The van der Waals surface area contributed by atoms with Crippen molar-refractivity contribution in [3.8, 4) is 10.6 Å². The van der Waals surface area contributed by atoms with Crippen molar-refractivity contribution in [2.75, 3.05) is 0 Å². The molecule has 94 valence electrons. The molecule has 0 unspecified atom stereocenters. The minimum absolute atomic E-state index is 0.213. The first-order chi connectivity index (χ1) is 8.53. The van der Waals surface area contributed by atoms with E-state index in [0.717, 1.165) is 30.0 Å². The normalized spacial score (nSPS) is 14.2. The van der Waals surface area contributed by atoms with Gasteiger partial charge >= 0.3 is 0 Å². The zero-order valence-electron chi connectivity index (χ0n) is 10.6. The third-order valence-electron chi connectivity index (χ3n) is 2.98. The van der Waals surface area contributed by atoms with Crippen LogP contribution in [0.2, 0.25) is 0 Å². The number of aryl methyl sites for hydroxylation is 2. The van der Waals surface area contributed by atoms with Crippen LogP contribution in [0.5, 0.6) is 0 Å². The molecular formula is C13H16N4S. The van der Waals surface area contributed by atoms with Gasteiger partial charge < -0.3 is 5.73 Å². The number of hydrogen-bond donors (Lipinski definition) is 1. The highest BCUT2D eigenvalue weighted by atomic mass is 32.1. The Labute approximate surface area is 110 Å². The number of thiazole rings is 1. The molecule has 0 atom stereocenters. The highest BCUT2D eigenvalue weighted by molar-refractivity contribution is 7.15. The zero-order chi connectivity index (χ0) is 12.8. The Hall–Kier alpha value is -1.33. The van der Waals surface area contributed by atoms with E-state index in [1.807, 2.05) is 20.0 Å². The number of fused-ring (bicyclic) bond motifs is 3. The van der Waals surface area contributed by atoms with Crippen molar-refractivity contribution < 1.29 is 0 Å². The van der Waals surface area contributed by atoms with Crippen LogP contribution in [0.4, 0.5) is 0 Å². The lowest BCUT2D eigenvalue weighted by atomic mass is 9.99. The smallest absolute Gasteiger partial charge is 0.116 e. The lowest BCUT2D eigenvalue weighted by Crippen LogP contribution is -2.34. The summed E-state index contributed by atoms with van der Waals surface area (Å²) in [4.78, 5) is 14.4. The predicted molar refractivity (Wildman–Crippen MR) is 72.5 cm³/mol. The van der Waals surface area contributed by atoms with Crippen LogP contribution in [-0.4, -0.2) is 20.5 Å². The van der Waals surface area contributed by atoms with Crippen molar-refractivity contribution in [3.63, 3.8) is 0 Å². The van der Waals surface area contributed by atoms with Gasteiger partial charge in [-0.05, 0) is 32.3 Å². The van der Waals surface area contributed by atoms with E-state index in [4.69, 9.17) is 10.7 Å². The van der Waals surface area contributed by atoms with E-state index in [1.165, 1.54) is 16.1 Å². The van der Waals surface area contributed by atoms with Gasteiger partial charge in [0.25, 0.3) is 0 Å². The Kier molecular flexibility index (Phi) is 2.68. The average Bonchev–Trinajstić information content (AvgIpc) is 2.69. The summed E-state index contributed by atoms with van der Waals surface area (Å²) in [5, 5.41) is 1.11. The van der Waals surface area contributed by atoms with Gasteiger partial charge in [0.1, 0.15) is 6.33 Å². The topological polar surface area (TPSA) is 64.7 Å². The van der Waals surface area contributed by atoms with Gasteiger partial charge in [-0.15, -0.1) is 11.3 Å². The van der Waals surface area contributed by atoms with Crippen molar-refractivity contribution in [1.82, 2.24) is 15.0 Å². The molecule has 4 nitrogen and oxygen atoms in total. The fourth-order valence-electron chi connectivity index (χ4n) is 2.22. The maximum Gasteiger partial charge on any atom is 0.116 e. The summed E-state index contributed by atoms with van der Waals surface area (Å²) in [5.41, 5.74) is 9.31. The Balaban J connectivity index is 2.02. The number of aromatic nitrogens is 3. The second-order valence-electron chi connectivity index (χ2n) is 5.45. The molecule has 0 spiro atoms. The molecule has 2 aromatic heterocycles. The predicted octanol–water partition coefficient (Wildman–Crippen LogP) is 1.98. The van der Waals surface area contributed by atoms with E-state index in [1.54, 1.807) is 17.7 Å². The first kappa shape index (κ1) is 11.7. The second-order valence-corrected chi connectivity index (χ2v) is 6.53. The highest BCUT2D eigenvalue weighted by Gasteiger charge is 2.23. The monoisotopic (exact) mass is 260 g/mol. The van der Waals surface area contributed by atoms with Gasteiger partial charge in [0.15, 0.2) is 0 Å². The van der Waals surface area contributed by atoms with Crippen molar-refractivity contribution in [2.45, 2.75) is 38.6 Å². The first-order valence-electron chi connectivity index (χ1n) is 6.10. The zero-order valence-corrected chi connectivity index (χ0v) is 11.4. The van der Waals surface area contributed by atoms with Gasteiger partial charge in [0, 0.05) is 18.2 Å². The van der Waals surface area contributed by atoms with Gasteiger partial charge in [0.2, 0.25) is 0 Å². The van der Waals surface area contributed by atoms with E-state index in [9.17, 15) is 0 Å². The summed E-state index contributed by atoms with van der Waals surface area (Å²) in [6.07, 6.45) is 6.30. The molecule has 1 aliphatic carbocycles.